The molecule has 0 bridgehead atoms. The molecule has 0 radical (unpaired) electrons. The van der Waals surface area contributed by atoms with E-state index in [-0.39, 0.29) is 36.0 Å². The summed E-state index contributed by atoms with van der Waals surface area (Å²) in [6.07, 6.45) is -3.28. The minimum atomic E-state index is -4.07. The molecule has 0 aliphatic carbocycles. The molecular formula is C20H24FN10O7PS. The second-order valence-corrected chi connectivity index (χ2v) is 12.9. The lowest BCUT2D eigenvalue weighted by Gasteiger charge is -2.29. The predicted molar refractivity (Wildman–Crippen MR) is 139 cm³/mol. The molecule has 8 N–H and O–H groups in total. The molecule has 214 valence electrons. The highest BCUT2D eigenvalue weighted by Crippen LogP contribution is 2.58. The van der Waals surface area contributed by atoms with Crippen LogP contribution in [0.25, 0.3) is 22.3 Å². The van der Waals surface area contributed by atoms with Crippen molar-refractivity contribution in [2.75, 3.05) is 24.7 Å². The number of nitrogens with one attached hydrogen (secondary N) is 1. The van der Waals surface area contributed by atoms with Crippen molar-refractivity contribution in [3.05, 3.63) is 29.3 Å². The molecule has 20 heteroatoms. The highest BCUT2D eigenvalue weighted by Gasteiger charge is 2.54. The number of aromatic nitrogens is 8. The number of hydrogen-bond acceptors (Lipinski definition) is 14. The van der Waals surface area contributed by atoms with E-state index in [9.17, 15) is 19.9 Å². The van der Waals surface area contributed by atoms with Gasteiger partial charge in [0.15, 0.2) is 35.3 Å². The van der Waals surface area contributed by atoms with E-state index < -0.39 is 61.3 Å². The van der Waals surface area contributed by atoms with Gasteiger partial charge in [-0.25, -0.2) is 24.3 Å². The molecule has 2 fully saturated rings. The molecule has 0 amide bonds. The second-order valence-electron chi connectivity index (χ2n) is 9.33. The van der Waals surface area contributed by atoms with Gasteiger partial charge < -0.3 is 40.6 Å². The zero-order valence-electron chi connectivity index (χ0n) is 20.4. The van der Waals surface area contributed by atoms with E-state index in [4.69, 9.17) is 37.3 Å². The average Bonchev–Trinajstić information content (AvgIpc) is 3.67. The molecule has 4 aromatic heterocycles. The number of nitrogens with zero attached hydrogens (tertiary/aromatic N) is 7. The standard InChI is InChI=1S/C20H24FN10O7PS/c21-11-8(2-32)38-19(31-6-27-13-17(31)28-20(23)29-18(13)34)14(11)39(35,40)36-3-9-7(33)1-10(37-9)30-5-26-12-15(22)24-4-25-16(12)30/h4-11,14,19,32-33H,1-3H2,(H,35,40)(H2,22,24,25)(H3,23,28,29,34)/t7-,8+,9+,10+,11+,14+,19?,39?/m0/s1. The van der Waals surface area contributed by atoms with Crippen LogP contribution in [0.3, 0.4) is 0 Å². The number of halogens is 1. The first-order chi connectivity index (χ1) is 19.1. The quantitative estimate of drug-likeness (QED) is 0.135. The van der Waals surface area contributed by atoms with Crippen LogP contribution in [-0.2, 0) is 25.8 Å². The van der Waals surface area contributed by atoms with Gasteiger partial charge in [0.05, 0.1) is 32.0 Å². The summed E-state index contributed by atoms with van der Waals surface area (Å²) < 4.78 is 35.6. The normalized spacial score (nSPS) is 30.4. The first-order valence-corrected chi connectivity index (χ1v) is 14.7. The number of aliphatic hydroxyl groups is 2. The summed E-state index contributed by atoms with van der Waals surface area (Å²) in [4.78, 5) is 46.1. The molecule has 40 heavy (non-hydrogen) atoms. The topological polar surface area (TPSA) is 248 Å². The van der Waals surface area contributed by atoms with Gasteiger partial charge >= 0.3 is 0 Å². The second kappa shape index (κ2) is 10.0. The third kappa shape index (κ3) is 4.44. The predicted octanol–water partition coefficient (Wildman–Crippen LogP) is -1.31. The van der Waals surface area contributed by atoms with Crippen molar-refractivity contribution in [2.24, 2.45) is 0 Å². The third-order valence-corrected chi connectivity index (χ3v) is 9.75. The number of H-pyrrole nitrogens is 1. The van der Waals surface area contributed by atoms with Crippen LogP contribution in [0.4, 0.5) is 16.2 Å². The molecule has 6 heterocycles. The average molecular weight is 599 g/mol. The van der Waals surface area contributed by atoms with E-state index in [1.54, 1.807) is 4.57 Å². The molecule has 0 saturated carbocycles. The Morgan fingerprint density at radius 3 is 2.67 bits per heavy atom. The van der Waals surface area contributed by atoms with Gasteiger partial charge in [0, 0.05) is 6.42 Å². The van der Waals surface area contributed by atoms with Crippen LogP contribution in [0, 0.1) is 0 Å². The van der Waals surface area contributed by atoms with Crippen LogP contribution < -0.4 is 17.0 Å². The Balaban J connectivity index is 1.23. The van der Waals surface area contributed by atoms with Crippen LogP contribution >= 0.6 is 6.49 Å². The Bertz CT molecular complexity index is 1680. The zero-order chi connectivity index (χ0) is 28.3. The smallest absolute Gasteiger partial charge is 0.280 e. The summed E-state index contributed by atoms with van der Waals surface area (Å²) in [7, 11) is 0. The fourth-order valence-corrected chi connectivity index (χ4v) is 7.40. The number of nitrogen functional groups attached to an aromatic ring is 2. The van der Waals surface area contributed by atoms with Crippen LogP contribution in [0.5, 0.6) is 0 Å². The van der Waals surface area contributed by atoms with E-state index in [0.29, 0.717) is 11.2 Å². The molecule has 4 aromatic rings. The van der Waals surface area contributed by atoms with Crippen molar-refractivity contribution >= 4 is 52.4 Å². The first kappa shape index (κ1) is 27.0. The number of rotatable bonds is 7. The number of anilines is 2. The molecular weight excluding hydrogens is 574 g/mol. The number of hydrogen-bond donors (Lipinski definition) is 6. The molecule has 17 nitrogen and oxygen atoms in total. The molecule has 0 aromatic carbocycles. The van der Waals surface area contributed by atoms with Gasteiger partial charge in [-0.05, 0) is 11.8 Å². The Morgan fingerprint density at radius 1 is 1.15 bits per heavy atom. The summed E-state index contributed by atoms with van der Waals surface area (Å²) in [6.45, 7) is -5.17. The van der Waals surface area contributed by atoms with Crippen molar-refractivity contribution in [1.82, 2.24) is 39.0 Å². The Kier molecular flexibility index (Phi) is 6.78. The number of aliphatic hydroxyl groups excluding tert-OH is 2. The fourth-order valence-electron chi connectivity index (χ4n) is 4.94. The maximum atomic E-state index is 15.5. The van der Waals surface area contributed by atoms with E-state index in [2.05, 4.69) is 29.9 Å². The van der Waals surface area contributed by atoms with Crippen molar-refractivity contribution in [1.29, 1.82) is 0 Å². The first-order valence-electron chi connectivity index (χ1n) is 11.9. The number of fused-ring (bicyclic) bond motifs is 2. The lowest BCUT2D eigenvalue weighted by atomic mass is 10.2. The lowest BCUT2D eigenvalue weighted by Crippen LogP contribution is -2.32. The van der Waals surface area contributed by atoms with Crippen molar-refractivity contribution < 1.29 is 33.5 Å². The number of imidazole rings is 2. The van der Waals surface area contributed by atoms with Gasteiger partial charge in [0.1, 0.15) is 42.1 Å². The maximum Gasteiger partial charge on any atom is 0.280 e. The molecule has 2 aliphatic heterocycles. The Hall–Kier alpha value is -3.16. The number of ether oxygens (including phenoxy) is 2. The number of nitrogens with two attached hydrogens (primary N) is 2. The van der Waals surface area contributed by atoms with Crippen molar-refractivity contribution in [3.63, 3.8) is 0 Å². The maximum absolute atomic E-state index is 15.5. The summed E-state index contributed by atoms with van der Waals surface area (Å²) >= 11 is 5.38. The van der Waals surface area contributed by atoms with E-state index in [0.717, 1.165) is 0 Å². The minimum Gasteiger partial charge on any atom is -0.394 e. The van der Waals surface area contributed by atoms with Crippen LogP contribution in [-0.4, -0.2) is 97.5 Å². The van der Waals surface area contributed by atoms with Crippen LogP contribution in [0.2, 0.25) is 0 Å². The van der Waals surface area contributed by atoms with Crippen molar-refractivity contribution in [2.45, 2.75) is 49.0 Å². The number of aromatic amines is 1. The molecule has 2 unspecified atom stereocenters. The minimum absolute atomic E-state index is 0.0357. The Labute approximate surface area is 228 Å². The summed E-state index contributed by atoms with van der Waals surface area (Å²) in [5, 5.41) is 20.3. The molecule has 2 saturated heterocycles. The van der Waals surface area contributed by atoms with Crippen LogP contribution in [0.1, 0.15) is 18.9 Å². The summed E-state index contributed by atoms with van der Waals surface area (Å²) in [5.41, 5.74) is 10.0. The fraction of sp³-hybridized carbons (Fsp3) is 0.500. The highest BCUT2D eigenvalue weighted by molar-refractivity contribution is 8.09. The third-order valence-electron chi connectivity index (χ3n) is 6.89. The van der Waals surface area contributed by atoms with Gasteiger partial charge in [-0.1, -0.05) is 0 Å². The van der Waals surface area contributed by atoms with E-state index in [1.807, 2.05) is 0 Å². The van der Waals surface area contributed by atoms with Gasteiger partial charge in [-0.15, -0.1) is 0 Å². The monoisotopic (exact) mass is 598 g/mol. The highest BCUT2D eigenvalue weighted by atomic mass is 32.5. The van der Waals surface area contributed by atoms with E-state index in [1.165, 1.54) is 23.5 Å². The molecule has 0 spiro atoms. The summed E-state index contributed by atoms with van der Waals surface area (Å²) in [5.74, 6) is -0.0302. The summed E-state index contributed by atoms with van der Waals surface area (Å²) in [6, 6.07) is 0. The zero-order valence-corrected chi connectivity index (χ0v) is 22.1. The van der Waals surface area contributed by atoms with Gasteiger partial charge in [0.25, 0.3) is 5.56 Å². The van der Waals surface area contributed by atoms with Gasteiger partial charge in [-0.3, -0.25) is 18.9 Å². The van der Waals surface area contributed by atoms with Crippen LogP contribution in [0.15, 0.2) is 23.8 Å². The van der Waals surface area contributed by atoms with Gasteiger partial charge in [-0.2, -0.15) is 4.98 Å². The SMILES string of the molecule is Nc1nc2c(ncn2C2O[C@H](CO)[C@@H](F)[C@H]2P(O)(=S)OC[C@H]2O[C@@H](n3cnc4c(N)ncnc43)C[C@@H]2O)c(=O)[nH]1. The molecule has 6 rings (SSSR count). The Morgan fingerprint density at radius 2 is 1.90 bits per heavy atom. The largest absolute Gasteiger partial charge is 0.394 e. The molecule has 8 atom stereocenters. The number of alkyl halides is 1. The lowest BCUT2D eigenvalue weighted by molar-refractivity contribution is -0.0399. The van der Waals surface area contributed by atoms with Gasteiger partial charge in [0.2, 0.25) is 5.95 Å². The van der Waals surface area contributed by atoms with Crippen molar-refractivity contribution in [3.8, 4) is 0 Å². The van der Waals surface area contributed by atoms with E-state index >= 15 is 4.39 Å². The molecule has 2 aliphatic rings.